The summed E-state index contributed by atoms with van der Waals surface area (Å²) in [4.78, 5) is 34.1. The van der Waals surface area contributed by atoms with E-state index in [4.69, 9.17) is 28.2 Å². The number of nitrogens with zero attached hydrogens (tertiary/aromatic N) is 3. The summed E-state index contributed by atoms with van der Waals surface area (Å²) in [6.45, 7) is 6.39. The first-order valence-corrected chi connectivity index (χ1v) is 12.4. The molecule has 4 aromatic rings. The van der Waals surface area contributed by atoms with Gasteiger partial charge in [0.05, 0.1) is 33.2 Å². The Hall–Kier alpha value is -3.15. The van der Waals surface area contributed by atoms with E-state index in [0.717, 1.165) is 18.4 Å². The standard InChI is InChI=1S/C28H27Cl2N3O2/c1-4-5-16-32(27(34)21-10-6-8-12-23(21)30)19(3)26-31-24-13-9-7-11-22(24)28(35)33(26)25-15-14-20(29)17-18(25)2/h6-15,17,19H,4-5,16H2,1-3H3. The third kappa shape index (κ3) is 4.97. The van der Waals surface area contributed by atoms with Crippen LogP contribution in [0.3, 0.4) is 0 Å². The Kier molecular flexibility index (Phi) is 7.58. The lowest BCUT2D eigenvalue weighted by Gasteiger charge is -2.31. The van der Waals surface area contributed by atoms with E-state index in [2.05, 4.69) is 6.92 Å². The second kappa shape index (κ2) is 10.6. The summed E-state index contributed by atoms with van der Waals surface area (Å²) in [6, 6.07) is 19.2. The summed E-state index contributed by atoms with van der Waals surface area (Å²) in [5.74, 6) is 0.286. The first kappa shape index (κ1) is 25.0. The van der Waals surface area contributed by atoms with E-state index in [1.807, 2.05) is 44.2 Å². The van der Waals surface area contributed by atoms with Gasteiger partial charge in [-0.1, -0.05) is 60.8 Å². The predicted molar refractivity (Wildman–Crippen MR) is 143 cm³/mol. The molecule has 0 saturated heterocycles. The minimum absolute atomic E-state index is 0.191. The van der Waals surface area contributed by atoms with Gasteiger partial charge in [0.15, 0.2) is 0 Å². The fraction of sp³-hybridized carbons (Fsp3) is 0.250. The van der Waals surface area contributed by atoms with Crippen LogP contribution in [0.15, 0.2) is 71.5 Å². The molecular weight excluding hydrogens is 481 g/mol. The van der Waals surface area contributed by atoms with Crippen molar-refractivity contribution in [2.24, 2.45) is 0 Å². The fourth-order valence-electron chi connectivity index (χ4n) is 4.26. The van der Waals surface area contributed by atoms with Crippen molar-refractivity contribution in [1.82, 2.24) is 14.5 Å². The number of carbonyl (C=O) groups excluding carboxylic acids is 1. The van der Waals surface area contributed by atoms with Gasteiger partial charge in [-0.25, -0.2) is 4.98 Å². The number of carbonyl (C=O) groups is 1. The van der Waals surface area contributed by atoms with Crippen LogP contribution in [-0.2, 0) is 0 Å². The van der Waals surface area contributed by atoms with Crippen molar-refractivity contribution in [2.45, 2.75) is 39.7 Å². The number of aromatic nitrogens is 2. The van der Waals surface area contributed by atoms with Gasteiger partial charge in [-0.3, -0.25) is 14.2 Å². The molecule has 35 heavy (non-hydrogen) atoms. The molecule has 0 bridgehead atoms. The number of benzene rings is 3. The molecule has 0 radical (unpaired) electrons. The molecule has 0 saturated carbocycles. The second-order valence-electron chi connectivity index (χ2n) is 8.57. The molecule has 0 aliphatic carbocycles. The van der Waals surface area contributed by atoms with Crippen LogP contribution in [0.2, 0.25) is 10.0 Å². The molecule has 7 heteroatoms. The SMILES string of the molecule is CCCCN(C(=O)c1ccccc1Cl)C(C)c1nc2ccccc2c(=O)n1-c1ccc(Cl)cc1C. The van der Waals surface area contributed by atoms with E-state index in [-0.39, 0.29) is 11.5 Å². The maximum atomic E-state index is 13.8. The molecule has 5 nitrogen and oxygen atoms in total. The summed E-state index contributed by atoms with van der Waals surface area (Å²) < 4.78 is 1.61. The first-order chi connectivity index (χ1) is 16.8. The lowest BCUT2D eigenvalue weighted by Crippen LogP contribution is -2.38. The van der Waals surface area contributed by atoms with Crippen LogP contribution in [0, 0.1) is 6.92 Å². The highest BCUT2D eigenvalue weighted by Gasteiger charge is 2.28. The molecule has 0 fully saturated rings. The first-order valence-electron chi connectivity index (χ1n) is 11.7. The molecular formula is C28H27Cl2N3O2. The average molecular weight is 508 g/mol. The highest BCUT2D eigenvalue weighted by atomic mass is 35.5. The number of rotatable bonds is 7. The molecule has 1 aromatic heterocycles. The van der Waals surface area contributed by atoms with Gasteiger partial charge < -0.3 is 4.90 Å². The Labute approximate surface area is 214 Å². The van der Waals surface area contributed by atoms with Crippen LogP contribution in [-0.4, -0.2) is 26.9 Å². The number of hydrogen-bond acceptors (Lipinski definition) is 3. The van der Waals surface area contributed by atoms with Crippen molar-refractivity contribution in [2.75, 3.05) is 6.54 Å². The van der Waals surface area contributed by atoms with Crippen LogP contribution in [0.4, 0.5) is 0 Å². The van der Waals surface area contributed by atoms with Crippen molar-refractivity contribution >= 4 is 40.0 Å². The van der Waals surface area contributed by atoms with Crippen LogP contribution < -0.4 is 5.56 Å². The topological polar surface area (TPSA) is 55.2 Å². The highest BCUT2D eigenvalue weighted by Crippen LogP contribution is 2.28. The van der Waals surface area contributed by atoms with Crippen molar-refractivity contribution < 1.29 is 4.79 Å². The Balaban J connectivity index is 1.94. The molecule has 1 atom stereocenters. The van der Waals surface area contributed by atoms with E-state index < -0.39 is 6.04 Å². The van der Waals surface area contributed by atoms with E-state index in [9.17, 15) is 9.59 Å². The normalized spacial score (nSPS) is 12.0. The molecule has 0 spiro atoms. The zero-order valence-corrected chi connectivity index (χ0v) is 21.5. The second-order valence-corrected chi connectivity index (χ2v) is 9.41. The number of halogens is 2. The number of fused-ring (bicyclic) bond motifs is 1. The van der Waals surface area contributed by atoms with Gasteiger partial charge in [0, 0.05) is 11.6 Å². The summed E-state index contributed by atoms with van der Waals surface area (Å²) >= 11 is 12.6. The number of aryl methyl sites for hydroxylation is 1. The molecule has 180 valence electrons. The van der Waals surface area contributed by atoms with E-state index in [1.54, 1.807) is 45.9 Å². The third-order valence-corrected chi connectivity index (χ3v) is 6.72. The number of para-hydroxylation sites is 1. The van der Waals surface area contributed by atoms with Gasteiger partial charge in [0.25, 0.3) is 11.5 Å². The Morgan fingerprint density at radius 3 is 2.49 bits per heavy atom. The molecule has 0 aliphatic rings. The predicted octanol–water partition coefficient (Wildman–Crippen LogP) is 7.00. The van der Waals surface area contributed by atoms with Crippen molar-refractivity contribution in [1.29, 1.82) is 0 Å². The molecule has 1 unspecified atom stereocenters. The van der Waals surface area contributed by atoms with Crippen LogP contribution in [0.5, 0.6) is 0 Å². The molecule has 0 N–H and O–H groups in total. The largest absolute Gasteiger partial charge is 0.329 e. The number of unbranched alkanes of at least 4 members (excludes halogenated alkanes) is 1. The Bertz CT molecular complexity index is 1450. The van der Waals surface area contributed by atoms with Crippen LogP contribution in [0.1, 0.15) is 54.5 Å². The monoisotopic (exact) mass is 507 g/mol. The third-order valence-electron chi connectivity index (χ3n) is 6.16. The van der Waals surface area contributed by atoms with Gasteiger partial charge in [-0.15, -0.1) is 0 Å². The lowest BCUT2D eigenvalue weighted by atomic mass is 10.1. The smallest absolute Gasteiger partial charge is 0.266 e. The summed E-state index contributed by atoms with van der Waals surface area (Å²) in [7, 11) is 0. The minimum Gasteiger partial charge on any atom is -0.329 e. The quantitative estimate of drug-likeness (QED) is 0.270. The molecule has 1 heterocycles. The summed E-state index contributed by atoms with van der Waals surface area (Å²) in [5.41, 5.74) is 2.34. The zero-order valence-electron chi connectivity index (χ0n) is 20.0. The fourth-order valence-corrected chi connectivity index (χ4v) is 4.70. The van der Waals surface area contributed by atoms with E-state index in [1.165, 1.54) is 0 Å². The van der Waals surface area contributed by atoms with E-state index in [0.29, 0.717) is 44.6 Å². The van der Waals surface area contributed by atoms with Gasteiger partial charge in [-0.2, -0.15) is 0 Å². The van der Waals surface area contributed by atoms with Crippen molar-refractivity contribution in [3.05, 3.63) is 104 Å². The maximum Gasteiger partial charge on any atom is 0.266 e. The molecule has 4 rings (SSSR count). The maximum absolute atomic E-state index is 13.8. The van der Waals surface area contributed by atoms with Gasteiger partial charge in [-0.05, 0) is 68.3 Å². The summed E-state index contributed by atoms with van der Waals surface area (Å²) in [6.07, 6.45) is 1.71. The zero-order chi connectivity index (χ0) is 25.1. The molecule has 1 amide bonds. The van der Waals surface area contributed by atoms with Gasteiger partial charge in [0.1, 0.15) is 5.82 Å². The van der Waals surface area contributed by atoms with Crippen LogP contribution >= 0.6 is 23.2 Å². The Morgan fingerprint density at radius 2 is 1.77 bits per heavy atom. The average Bonchev–Trinajstić information content (AvgIpc) is 2.85. The molecule has 0 aliphatic heterocycles. The Morgan fingerprint density at radius 1 is 1.06 bits per heavy atom. The van der Waals surface area contributed by atoms with E-state index >= 15 is 0 Å². The molecule has 3 aromatic carbocycles. The van der Waals surface area contributed by atoms with Crippen molar-refractivity contribution in [3.8, 4) is 5.69 Å². The van der Waals surface area contributed by atoms with Gasteiger partial charge in [0.2, 0.25) is 0 Å². The highest BCUT2D eigenvalue weighted by molar-refractivity contribution is 6.33. The van der Waals surface area contributed by atoms with Gasteiger partial charge >= 0.3 is 0 Å². The van der Waals surface area contributed by atoms with Crippen LogP contribution in [0.25, 0.3) is 16.6 Å². The lowest BCUT2D eigenvalue weighted by molar-refractivity contribution is 0.0678. The minimum atomic E-state index is -0.502. The number of amides is 1. The van der Waals surface area contributed by atoms with Crippen molar-refractivity contribution in [3.63, 3.8) is 0 Å². The summed E-state index contributed by atoms with van der Waals surface area (Å²) in [5, 5.41) is 1.49. The number of hydrogen-bond donors (Lipinski definition) is 0.